The van der Waals surface area contributed by atoms with E-state index in [1.54, 1.807) is 35.2 Å². The number of ether oxygens (including phenoxy) is 1. The molecule has 3 heterocycles. The molecular formula is C31H33Cl2N3O4. The summed E-state index contributed by atoms with van der Waals surface area (Å²) in [6.07, 6.45) is 6.12. The summed E-state index contributed by atoms with van der Waals surface area (Å²) in [6, 6.07) is 13.2. The third-order valence-corrected chi connectivity index (χ3v) is 9.99. The molecule has 210 valence electrons. The number of carbonyl (C=O) groups is 3. The van der Waals surface area contributed by atoms with Crippen LogP contribution in [0.3, 0.4) is 0 Å². The Labute approximate surface area is 244 Å². The molecule has 1 saturated carbocycles. The smallest absolute Gasteiger partial charge is 0.246 e. The lowest BCUT2D eigenvalue weighted by Crippen LogP contribution is -2.57. The van der Waals surface area contributed by atoms with Crippen molar-refractivity contribution in [3.05, 3.63) is 76.3 Å². The summed E-state index contributed by atoms with van der Waals surface area (Å²) in [7, 11) is 0. The quantitative estimate of drug-likeness (QED) is 0.457. The van der Waals surface area contributed by atoms with E-state index < -0.39 is 29.6 Å². The lowest BCUT2D eigenvalue weighted by molar-refractivity contribution is -0.142. The fourth-order valence-electron chi connectivity index (χ4n) is 7.05. The minimum absolute atomic E-state index is 0.00977. The van der Waals surface area contributed by atoms with Crippen LogP contribution in [0.25, 0.3) is 0 Å². The van der Waals surface area contributed by atoms with Gasteiger partial charge >= 0.3 is 0 Å². The molecule has 4 aliphatic rings. The summed E-state index contributed by atoms with van der Waals surface area (Å²) in [5, 5.41) is 7.26. The number of hydrogen-bond donors (Lipinski definition) is 2. The SMILES string of the molecule is C[C@@H]1[C@H](C)CCC[C@@H]1NC(=O)[C@@H]1N(Cc2ccccc2Cl)C(=O)[C@H]2[C@H](C(=O)Nc3ccc(Cl)cc3)[C@H]3C=C[C@@]12O3. The Kier molecular flexibility index (Phi) is 7.18. The van der Waals surface area contributed by atoms with Gasteiger partial charge in [-0.05, 0) is 54.2 Å². The second-order valence-electron chi connectivity index (χ2n) is 11.6. The van der Waals surface area contributed by atoms with Crippen LogP contribution in [-0.4, -0.2) is 46.4 Å². The van der Waals surface area contributed by atoms with Crippen LogP contribution in [0, 0.1) is 23.7 Å². The Morgan fingerprint density at radius 2 is 1.80 bits per heavy atom. The molecule has 3 aliphatic heterocycles. The average Bonchev–Trinajstić information content (AvgIpc) is 3.57. The van der Waals surface area contributed by atoms with E-state index in [9.17, 15) is 14.4 Å². The predicted octanol–water partition coefficient (Wildman–Crippen LogP) is 5.22. The lowest BCUT2D eigenvalue weighted by Gasteiger charge is -2.38. The van der Waals surface area contributed by atoms with Gasteiger partial charge in [0.2, 0.25) is 17.7 Å². The van der Waals surface area contributed by atoms with Crippen molar-refractivity contribution in [2.45, 2.75) is 63.4 Å². The first-order valence-electron chi connectivity index (χ1n) is 14.0. The third-order valence-electron chi connectivity index (χ3n) is 9.37. The maximum absolute atomic E-state index is 14.2. The molecular weight excluding hydrogens is 549 g/mol. The highest BCUT2D eigenvalue weighted by Gasteiger charge is 2.72. The van der Waals surface area contributed by atoms with Crippen molar-refractivity contribution in [2.75, 3.05) is 5.32 Å². The van der Waals surface area contributed by atoms with E-state index in [0.717, 1.165) is 24.8 Å². The van der Waals surface area contributed by atoms with E-state index >= 15 is 0 Å². The molecule has 0 radical (unpaired) electrons. The Hall–Kier alpha value is -2.87. The number of rotatable bonds is 6. The average molecular weight is 583 g/mol. The molecule has 8 atom stereocenters. The van der Waals surface area contributed by atoms with Crippen LogP contribution in [0.5, 0.6) is 0 Å². The number of likely N-dealkylation sites (tertiary alicyclic amines) is 1. The molecule has 2 N–H and O–H groups in total. The lowest BCUT2D eigenvalue weighted by atomic mass is 9.73. The van der Waals surface area contributed by atoms with Gasteiger partial charge < -0.3 is 20.3 Å². The van der Waals surface area contributed by atoms with E-state index in [2.05, 4.69) is 24.5 Å². The summed E-state index contributed by atoms with van der Waals surface area (Å²) in [5.74, 6) is -1.68. The predicted molar refractivity (Wildman–Crippen MR) is 154 cm³/mol. The van der Waals surface area contributed by atoms with Crippen molar-refractivity contribution < 1.29 is 19.1 Å². The van der Waals surface area contributed by atoms with Gasteiger partial charge in [0, 0.05) is 28.3 Å². The molecule has 1 aliphatic carbocycles. The van der Waals surface area contributed by atoms with Crippen molar-refractivity contribution >= 4 is 46.6 Å². The number of benzene rings is 2. The number of nitrogens with zero attached hydrogens (tertiary/aromatic N) is 1. The van der Waals surface area contributed by atoms with Gasteiger partial charge in [0.25, 0.3) is 0 Å². The molecule has 2 bridgehead atoms. The van der Waals surface area contributed by atoms with Crippen LogP contribution < -0.4 is 10.6 Å². The molecule has 6 rings (SSSR count). The number of amides is 3. The fourth-order valence-corrected chi connectivity index (χ4v) is 7.38. The molecule has 40 heavy (non-hydrogen) atoms. The van der Waals surface area contributed by atoms with Crippen molar-refractivity contribution in [3.8, 4) is 0 Å². The van der Waals surface area contributed by atoms with Gasteiger partial charge in [-0.2, -0.15) is 0 Å². The Bertz CT molecular complexity index is 1360. The van der Waals surface area contributed by atoms with Gasteiger partial charge in [0.1, 0.15) is 11.6 Å². The maximum atomic E-state index is 14.2. The maximum Gasteiger partial charge on any atom is 0.246 e. The normalized spacial score (nSPS) is 34.1. The van der Waals surface area contributed by atoms with E-state index in [0.29, 0.717) is 27.6 Å². The monoisotopic (exact) mass is 581 g/mol. The number of fused-ring (bicyclic) bond motifs is 1. The summed E-state index contributed by atoms with van der Waals surface area (Å²) in [5.41, 5.74) is 0.0637. The summed E-state index contributed by atoms with van der Waals surface area (Å²) < 4.78 is 6.46. The first-order chi connectivity index (χ1) is 19.2. The molecule has 2 aromatic rings. The van der Waals surface area contributed by atoms with Gasteiger partial charge in [0.15, 0.2) is 0 Å². The number of nitrogens with one attached hydrogen (secondary N) is 2. The molecule has 7 nitrogen and oxygen atoms in total. The first-order valence-corrected chi connectivity index (χ1v) is 14.7. The van der Waals surface area contributed by atoms with Crippen molar-refractivity contribution in [1.29, 1.82) is 0 Å². The number of hydrogen-bond acceptors (Lipinski definition) is 4. The van der Waals surface area contributed by atoms with Crippen LogP contribution in [0.2, 0.25) is 10.0 Å². The van der Waals surface area contributed by atoms with E-state index in [1.807, 2.05) is 30.4 Å². The number of anilines is 1. The largest absolute Gasteiger partial charge is 0.359 e. The van der Waals surface area contributed by atoms with Crippen molar-refractivity contribution in [2.24, 2.45) is 23.7 Å². The summed E-state index contributed by atoms with van der Waals surface area (Å²) >= 11 is 12.5. The highest BCUT2D eigenvalue weighted by atomic mass is 35.5. The van der Waals surface area contributed by atoms with E-state index in [4.69, 9.17) is 27.9 Å². The van der Waals surface area contributed by atoms with Gasteiger partial charge in [0.05, 0.1) is 17.9 Å². The fraction of sp³-hybridized carbons (Fsp3) is 0.452. The topological polar surface area (TPSA) is 87.7 Å². The second kappa shape index (κ2) is 10.5. The zero-order valence-electron chi connectivity index (χ0n) is 22.5. The first kappa shape index (κ1) is 27.3. The van der Waals surface area contributed by atoms with Gasteiger partial charge in [-0.1, -0.05) is 80.2 Å². The van der Waals surface area contributed by atoms with E-state index in [1.165, 1.54) is 0 Å². The number of halogens is 2. The van der Waals surface area contributed by atoms with E-state index in [-0.39, 0.29) is 30.3 Å². The van der Waals surface area contributed by atoms with Gasteiger partial charge in [-0.15, -0.1) is 0 Å². The molecule has 9 heteroatoms. The van der Waals surface area contributed by atoms with Gasteiger partial charge in [-0.25, -0.2) is 0 Å². The Morgan fingerprint density at radius 1 is 1.05 bits per heavy atom. The minimum atomic E-state index is -1.24. The van der Waals surface area contributed by atoms with Crippen LogP contribution >= 0.6 is 23.2 Å². The standard InChI is InChI=1S/C31H33Cl2N3O4/c1-17-6-5-9-23(18(17)2)35-29(38)27-31-15-14-24(40-31)25(28(37)34-21-12-10-20(32)11-13-21)26(31)30(39)36(27)16-19-7-3-4-8-22(19)33/h3-4,7-8,10-15,17-18,23-27H,5-6,9,16H2,1-2H3,(H,34,37)(H,35,38)/t17-,18-,23+,24-,25-,26-,27+,31+/m1/s1. The van der Waals surface area contributed by atoms with Crippen molar-refractivity contribution in [3.63, 3.8) is 0 Å². The highest BCUT2D eigenvalue weighted by Crippen LogP contribution is 2.55. The molecule has 3 amide bonds. The van der Waals surface area contributed by atoms with Crippen LogP contribution in [0.1, 0.15) is 38.7 Å². The van der Waals surface area contributed by atoms with Crippen LogP contribution in [0.15, 0.2) is 60.7 Å². The molecule has 0 unspecified atom stereocenters. The summed E-state index contributed by atoms with van der Waals surface area (Å²) in [6.45, 7) is 4.53. The third kappa shape index (κ3) is 4.52. The Balaban J connectivity index is 1.33. The zero-order chi connectivity index (χ0) is 28.2. The van der Waals surface area contributed by atoms with Crippen molar-refractivity contribution in [1.82, 2.24) is 10.2 Å². The molecule has 2 aromatic carbocycles. The highest BCUT2D eigenvalue weighted by molar-refractivity contribution is 6.31. The summed E-state index contributed by atoms with van der Waals surface area (Å²) in [4.78, 5) is 43.5. The molecule has 1 spiro atoms. The molecule has 2 saturated heterocycles. The zero-order valence-corrected chi connectivity index (χ0v) is 24.0. The second-order valence-corrected chi connectivity index (χ2v) is 12.5. The van der Waals surface area contributed by atoms with Gasteiger partial charge in [-0.3, -0.25) is 14.4 Å². The Morgan fingerprint density at radius 3 is 2.55 bits per heavy atom. The van der Waals surface area contributed by atoms with Crippen LogP contribution in [-0.2, 0) is 25.7 Å². The minimum Gasteiger partial charge on any atom is -0.359 e. The number of carbonyl (C=O) groups excluding carboxylic acids is 3. The van der Waals surface area contributed by atoms with Crippen LogP contribution in [0.4, 0.5) is 5.69 Å². The molecule has 3 fully saturated rings. The molecule has 0 aromatic heterocycles.